The molecule has 0 saturated heterocycles. The van der Waals surface area contributed by atoms with E-state index in [1.165, 1.54) is 11.8 Å². The first-order valence-corrected chi connectivity index (χ1v) is 9.33. The minimum absolute atomic E-state index is 0.0516. The van der Waals surface area contributed by atoms with E-state index in [9.17, 15) is 4.79 Å². The predicted molar refractivity (Wildman–Crippen MR) is 104 cm³/mol. The minimum Gasteiger partial charge on any atom is -0.497 e. The van der Waals surface area contributed by atoms with Crippen LogP contribution in [0.25, 0.3) is 11.4 Å². The van der Waals surface area contributed by atoms with E-state index in [0.29, 0.717) is 11.7 Å². The summed E-state index contributed by atoms with van der Waals surface area (Å²) < 4.78 is 7.02. The first-order valence-electron chi connectivity index (χ1n) is 8.45. The van der Waals surface area contributed by atoms with Gasteiger partial charge in [0.2, 0.25) is 5.91 Å². The molecular formula is C19H21N5O2S. The van der Waals surface area contributed by atoms with Crippen molar-refractivity contribution < 1.29 is 9.53 Å². The quantitative estimate of drug-likeness (QED) is 0.632. The molecule has 0 fully saturated rings. The maximum Gasteiger partial charge on any atom is 0.233 e. The molecule has 1 unspecified atom stereocenters. The van der Waals surface area contributed by atoms with Crippen molar-refractivity contribution in [3.8, 4) is 17.1 Å². The number of methoxy groups -OCH3 is 1. The van der Waals surface area contributed by atoms with Crippen molar-refractivity contribution in [1.29, 1.82) is 0 Å². The van der Waals surface area contributed by atoms with Gasteiger partial charge in [0.15, 0.2) is 11.0 Å². The van der Waals surface area contributed by atoms with Gasteiger partial charge < -0.3 is 14.6 Å². The van der Waals surface area contributed by atoms with Gasteiger partial charge in [-0.05, 0) is 36.8 Å². The first kappa shape index (κ1) is 18.9. The summed E-state index contributed by atoms with van der Waals surface area (Å²) in [6, 6.07) is 11.4. The van der Waals surface area contributed by atoms with E-state index >= 15 is 0 Å². The Bertz CT molecular complexity index is 896. The second kappa shape index (κ2) is 8.68. The van der Waals surface area contributed by atoms with Crippen LogP contribution in [0.3, 0.4) is 0 Å². The van der Waals surface area contributed by atoms with E-state index in [2.05, 4.69) is 20.5 Å². The van der Waals surface area contributed by atoms with Gasteiger partial charge in [0.1, 0.15) is 5.75 Å². The molecule has 8 heteroatoms. The van der Waals surface area contributed by atoms with Gasteiger partial charge in [-0.3, -0.25) is 9.78 Å². The van der Waals surface area contributed by atoms with Gasteiger partial charge in [-0.15, -0.1) is 10.2 Å². The lowest BCUT2D eigenvalue weighted by Gasteiger charge is -2.12. The number of carbonyl (C=O) groups excluding carboxylic acids is 1. The molecule has 2 aromatic heterocycles. The second-order valence-electron chi connectivity index (χ2n) is 5.93. The van der Waals surface area contributed by atoms with Crippen LogP contribution in [-0.2, 0) is 18.4 Å². The second-order valence-corrected chi connectivity index (χ2v) is 7.24. The largest absolute Gasteiger partial charge is 0.497 e. The molecule has 1 atom stereocenters. The van der Waals surface area contributed by atoms with Crippen molar-refractivity contribution in [2.24, 2.45) is 7.05 Å². The molecular weight excluding hydrogens is 362 g/mol. The van der Waals surface area contributed by atoms with Gasteiger partial charge >= 0.3 is 0 Å². The lowest BCUT2D eigenvalue weighted by atomic mass is 10.2. The number of carbonyl (C=O) groups is 1. The maximum absolute atomic E-state index is 12.4. The van der Waals surface area contributed by atoms with Crippen LogP contribution in [0.5, 0.6) is 5.75 Å². The Hall–Kier alpha value is -2.87. The SMILES string of the molecule is COc1ccc(CNC(=O)C(C)Sc2nnc(-c3ccncc3)n2C)cc1. The molecule has 3 aromatic rings. The normalized spacial score (nSPS) is 11.8. The highest BCUT2D eigenvalue weighted by Gasteiger charge is 2.19. The van der Waals surface area contributed by atoms with Crippen LogP contribution in [0, 0.1) is 0 Å². The van der Waals surface area contributed by atoms with Crippen molar-refractivity contribution in [1.82, 2.24) is 25.1 Å². The summed E-state index contributed by atoms with van der Waals surface area (Å²) in [7, 11) is 3.52. The highest BCUT2D eigenvalue weighted by molar-refractivity contribution is 8.00. The molecule has 27 heavy (non-hydrogen) atoms. The zero-order chi connectivity index (χ0) is 19.2. The fourth-order valence-electron chi connectivity index (χ4n) is 2.46. The standard InChI is InChI=1S/C19H21N5O2S/c1-13(18(25)21-12-14-4-6-16(26-3)7-5-14)27-19-23-22-17(24(19)2)15-8-10-20-11-9-15/h4-11,13H,12H2,1-3H3,(H,21,25). The number of benzene rings is 1. The molecule has 0 radical (unpaired) electrons. The third-order valence-corrected chi connectivity index (χ3v) is 5.18. The van der Waals surface area contributed by atoms with Crippen LogP contribution < -0.4 is 10.1 Å². The monoisotopic (exact) mass is 383 g/mol. The average Bonchev–Trinajstić information content (AvgIpc) is 3.07. The molecule has 0 saturated carbocycles. The molecule has 7 nitrogen and oxygen atoms in total. The van der Waals surface area contributed by atoms with Crippen LogP contribution in [0.2, 0.25) is 0 Å². The summed E-state index contributed by atoms with van der Waals surface area (Å²) in [5.74, 6) is 1.48. The fraction of sp³-hybridized carbons (Fsp3) is 0.263. The number of thioether (sulfide) groups is 1. The lowest BCUT2D eigenvalue weighted by Crippen LogP contribution is -2.30. The van der Waals surface area contributed by atoms with Gasteiger partial charge in [-0.1, -0.05) is 23.9 Å². The number of rotatable bonds is 7. The summed E-state index contributed by atoms with van der Waals surface area (Å²) in [4.78, 5) is 16.4. The predicted octanol–water partition coefficient (Wildman–Crippen LogP) is 2.68. The number of hydrogen-bond donors (Lipinski definition) is 1. The number of pyridine rings is 1. The van der Waals surface area contributed by atoms with E-state index < -0.39 is 0 Å². The smallest absolute Gasteiger partial charge is 0.233 e. The fourth-order valence-corrected chi connectivity index (χ4v) is 3.30. The number of nitrogens with zero attached hydrogens (tertiary/aromatic N) is 4. The van der Waals surface area contributed by atoms with Crippen LogP contribution in [0.15, 0.2) is 53.9 Å². The minimum atomic E-state index is -0.295. The van der Waals surface area contributed by atoms with Gasteiger partial charge in [-0.25, -0.2) is 0 Å². The van der Waals surface area contributed by atoms with Crippen LogP contribution >= 0.6 is 11.8 Å². The molecule has 0 bridgehead atoms. The van der Waals surface area contributed by atoms with Crippen molar-refractivity contribution >= 4 is 17.7 Å². The van der Waals surface area contributed by atoms with Crippen molar-refractivity contribution in [2.75, 3.05) is 7.11 Å². The Morgan fingerprint density at radius 2 is 1.89 bits per heavy atom. The summed E-state index contributed by atoms with van der Waals surface area (Å²) in [6.45, 7) is 2.32. The molecule has 2 heterocycles. The van der Waals surface area contributed by atoms with Gasteiger partial charge in [0.25, 0.3) is 0 Å². The van der Waals surface area contributed by atoms with Crippen LogP contribution in [0.1, 0.15) is 12.5 Å². The maximum atomic E-state index is 12.4. The summed E-state index contributed by atoms with van der Waals surface area (Å²) >= 11 is 1.38. The Morgan fingerprint density at radius 1 is 1.19 bits per heavy atom. The third-order valence-electron chi connectivity index (χ3n) is 4.05. The van der Waals surface area contributed by atoms with E-state index in [1.54, 1.807) is 19.5 Å². The van der Waals surface area contributed by atoms with E-state index in [-0.39, 0.29) is 11.2 Å². The number of amides is 1. The molecule has 0 aliphatic carbocycles. The summed E-state index contributed by atoms with van der Waals surface area (Å²) in [5.41, 5.74) is 1.95. The summed E-state index contributed by atoms with van der Waals surface area (Å²) in [5, 5.41) is 11.8. The van der Waals surface area contributed by atoms with E-state index in [0.717, 1.165) is 22.7 Å². The van der Waals surface area contributed by atoms with Crippen LogP contribution in [-0.4, -0.2) is 38.0 Å². The Balaban J connectivity index is 1.59. The molecule has 0 aliphatic heterocycles. The van der Waals surface area contributed by atoms with E-state index in [1.807, 2.05) is 54.9 Å². The Morgan fingerprint density at radius 3 is 2.56 bits per heavy atom. The van der Waals surface area contributed by atoms with Gasteiger partial charge in [0.05, 0.1) is 12.4 Å². The van der Waals surface area contributed by atoms with Crippen molar-refractivity contribution in [3.63, 3.8) is 0 Å². The Kier molecular flexibility index (Phi) is 6.08. The average molecular weight is 383 g/mol. The lowest BCUT2D eigenvalue weighted by molar-refractivity contribution is -0.120. The highest BCUT2D eigenvalue weighted by Crippen LogP contribution is 2.25. The molecule has 0 aliphatic rings. The van der Waals surface area contributed by atoms with Crippen LogP contribution in [0.4, 0.5) is 0 Å². The summed E-state index contributed by atoms with van der Waals surface area (Å²) in [6.07, 6.45) is 3.43. The molecule has 0 spiro atoms. The zero-order valence-electron chi connectivity index (χ0n) is 15.4. The van der Waals surface area contributed by atoms with Crippen molar-refractivity contribution in [3.05, 3.63) is 54.4 Å². The van der Waals surface area contributed by atoms with Crippen molar-refractivity contribution in [2.45, 2.75) is 23.9 Å². The van der Waals surface area contributed by atoms with Gasteiger partial charge in [0, 0.05) is 31.5 Å². The number of aromatic nitrogens is 4. The molecule has 1 amide bonds. The zero-order valence-corrected chi connectivity index (χ0v) is 16.2. The van der Waals surface area contributed by atoms with E-state index in [4.69, 9.17) is 4.74 Å². The molecule has 1 N–H and O–H groups in total. The highest BCUT2D eigenvalue weighted by atomic mass is 32.2. The van der Waals surface area contributed by atoms with Gasteiger partial charge in [-0.2, -0.15) is 0 Å². The molecule has 140 valence electrons. The topological polar surface area (TPSA) is 81.9 Å². The first-order chi connectivity index (χ1) is 13.1. The number of hydrogen-bond acceptors (Lipinski definition) is 6. The Labute approximate surface area is 162 Å². The molecule has 1 aromatic carbocycles. The molecule has 3 rings (SSSR count). The number of ether oxygens (including phenoxy) is 1. The number of nitrogens with one attached hydrogen (secondary N) is 1. The third kappa shape index (κ3) is 4.65.